The number of esters is 1. The van der Waals surface area contributed by atoms with Crippen LogP contribution in [-0.4, -0.2) is 41.9 Å². The molecule has 0 radical (unpaired) electrons. The van der Waals surface area contributed by atoms with Crippen molar-refractivity contribution in [1.29, 1.82) is 0 Å². The molecule has 0 unspecified atom stereocenters. The maximum absolute atomic E-state index is 11.9. The number of hydrogen-bond acceptors (Lipinski definition) is 5. The highest BCUT2D eigenvalue weighted by atomic mass is 33.1. The molecule has 17 heavy (non-hydrogen) atoms. The minimum absolute atomic E-state index is 0.0271. The van der Waals surface area contributed by atoms with Gasteiger partial charge in [-0.1, -0.05) is 10.8 Å². The summed E-state index contributed by atoms with van der Waals surface area (Å²) in [6.45, 7) is 8.82. The Bertz CT molecular complexity index is 245. The van der Waals surface area contributed by atoms with Gasteiger partial charge >= 0.3 is 5.97 Å². The molecule has 0 aromatic rings. The predicted octanol–water partition coefficient (Wildman–Crippen LogP) is 2.62. The lowest BCUT2D eigenvalue weighted by atomic mass is 9.97. The Hall–Kier alpha value is 0.130. The van der Waals surface area contributed by atoms with Gasteiger partial charge in [-0.2, -0.15) is 0 Å². The van der Waals surface area contributed by atoms with Crippen molar-refractivity contribution in [2.24, 2.45) is 5.92 Å². The third-order valence-corrected chi connectivity index (χ3v) is 3.74. The third-order valence-electron chi connectivity index (χ3n) is 2.83. The lowest BCUT2D eigenvalue weighted by Crippen LogP contribution is -2.39. The summed E-state index contributed by atoms with van der Waals surface area (Å²) in [5.74, 6) is 1.11. The fourth-order valence-electron chi connectivity index (χ4n) is 1.95. The molecule has 0 amide bonds. The lowest BCUT2D eigenvalue weighted by Gasteiger charge is -2.32. The highest BCUT2D eigenvalue weighted by Gasteiger charge is 2.28. The van der Waals surface area contributed by atoms with Crippen LogP contribution >= 0.6 is 22.5 Å². The van der Waals surface area contributed by atoms with Crippen LogP contribution in [0.15, 0.2) is 0 Å². The zero-order chi connectivity index (χ0) is 12.9. The molecule has 0 atom stereocenters. The quantitative estimate of drug-likeness (QED) is 0.486. The van der Waals surface area contributed by atoms with Crippen LogP contribution in [0.3, 0.4) is 0 Å². The van der Waals surface area contributed by atoms with Gasteiger partial charge in [0.05, 0.1) is 5.92 Å². The first-order valence-corrected chi connectivity index (χ1v) is 8.18. The maximum atomic E-state index is 11.9. The maximum Gasteiger partial charge on any atom is 0.309 e. The molecule has 0 aromatic heterocycles. The molecule has 3 nitrogen and oxygen atoms in total. The Morgan fingerprint density at radius 1 is 1.41 bits per heavy atom. The number of nitrogens with zero attached hydrogens (tertiary/aromatic N) is 1. The van der Waals surface area contributed by atoms with Crippen LogP contribution in [0.1, 0.15) is 33.6 Å². The summed E-state index contributed by atoms with van der Waals surface area (Å²) in [7, 11) is 1.57. The van der Waals surface area contributed by atoms with Gasteiger partial charge in [-0.25, -0.2) is 0 Å². The normalized spacial score (nSPS) is 19.3. The van der Waals surface area contributed by atoms with Gasteiger partial charge in [-0.05, 0) is 46.7 Å². The molecular weight excluding hydrogens is 254 g/mol. The van der Waals surface area contributed by atoms with Crippen LogP contribution in [0.2, 0.25) is 0 Å². The average molecular weight is 277 g/mol. The second kappa shape index (κ2) is 6.90. The van der Waals surface area contributed by atoms with Gasteiger partial charge in [0.1, 0.15) is 5.60 Å². The number of hydrogen-bond donors (Lipinski definition) is 1. The molecule has 0 N–H and O–H groups in total. The van der Waals surface area contributed by atoms with E-state index in [1.165, 1.54) is 0 Å². The Morgan fingerprint density at radius 2 is 2.00 bits per heavy atom. The fourth-order valence-corrected chi connectivity index (χ4v) is 2.53. The molecule has 1 aliphatic rings. The second-order valence-electron chi connectivity index (χ2n) is 5.48. The molecule has 1 rings (SSSR count). The number of carbonyl (C=O) groups excluding carboxylic acids is 1. The van der Waals surface area contributed by atoms with E-state index >= 15 is 0 Å². The number of piperidine rings is 1. The van der Waals surface area contributed by atoms with Crippen molar-refractivity contribution in [1.82, 2.24) is 4.90 Å². The van der Waals surface area contributed by atoms with Crippen molar-refractivity contribution in [3.63, 3.8) is 0 Å². The smallest absolute Gasteiger partial charge is 0.309 e. The van der Waals surface area contributed by atoms with E-state index < -0.39 is 0 Å². The van der Waals surface area contributed by atoms with Gasteiger partial charge in [-0.15, -0.1) is 11.7 Å². The lowest BCUT2D eigenvalue weighted by molar-refractivity contribution is -0.161. The zero-order valence-electron chi connectivity index (χ0n) is 10.9. The first kappa shape index (κ1) is 15.2. The summed E-state index contributed by atoms with van der Waals surface area (Å²) in [4.78, 5) is 14.3. The van der Waals surface area contributed by atoms with Crippen LogP contribution < -0.4 is 0 Å². The molecule has 100 valence electrons. The van der Waals surface area contributed by atoms with Crippen molar-refractivity contribution < 1.29 is 9.53 Å². The summed E-state index contributed by atoms with van der Waals surface area (Å²) < 4.78 is 5.42. The van der Waals surface area contributed by atoms with Gasteiger partial charge in [0.25, 0.3) is 0 Å². The van der Waals surface area contributed by atoms with E-state index in [0.29, 0.717) is 0 Å². The molecular formula is C12H23NO2S2. The summed E-state index contributed by atoms with van der Waals surface area (Å²) in [6, 6.07) is 0. The highest BCUT2D eigenvalue weighted by molar-refractivity contribution is 8.68. The van der Waals surface area contributed by atoms with Crippen molar-refractivity contribution in [2.75, 3.05) is 25.4 Å². The van der Waals surface area contributed by atoms with Gasteiger partial charge < -0.3 is 9.64 Å². The van der Waals surface area contributed by atoms with Gasteiger partial charge in [-0.3, -0.25) is 4.79 Å². The van der Waals surface area contributed by atoms with Gasteiger partial charge in [0.2, 0.25) is 0 Å². The van der Waals surface area contributed by atoms with E-state index in [0.717, 1.165) is 38.2 Å². The zero-order valence-corrected chi connectivity index (χ0v) is 12.7. The Morgan fingerprint density at radius 3 is 2.47 bits per heavy atom. The van der Waals surface area contributed by atoms with Gasteiger partial charge in [0, 0.05) is 12.3 Å². The van der Waals surface area contributed by atoms with E-state index in [1.54, 1.807) is 10.8 Å². The van der Waals surface area contributed by atoms with Crippen LogP contribution in [0.4, 0.5) is 0 Å². The third kappa shape index (κ3) is 6.02. The minimum atomic E-state index is -0.364. The number of rotatable bonds is 4. The molecule has 1 aliphatic heterocycles. The SMILES string of the molecule is CC(C)(C)OC(=O)C1CCN(CCSS)CC1. The number of likely N-dealkylation sites (tertiary alicyclic amines) is 1. The van der Waals surface area contributed by atoms with Crippen molar-refractivity contribution in [3.05, 3.63) is 0 Å². The van der Waals surface area contributed by atoms with Crippen LogP contribution in [0.5, 0.6) is 0 Å². The standard InChI is InChI=1S/C12H23NO2S2/c1-12(2,3)15-11(14)10-4-6-13(7-5-10)8-9-17-16/h10,16H,4-9H2,1-3H3. The molecule has 1 heterocycles. The van der Waals surface area contributed by atoms with E-state index in [9.17, 15) is 4.79 Å². The minimum Gasteiger partial charge on any atom is -0.460 e. The molecule has 1 saturated heterocycles. The molecule has 0 saturated carbocycles. The van der Waals surface area contributed by atoms with E-state index in [2.05, 4.69) is 16.6 Å². The monoisotopic (exact) mass is 277 g/mol. The molecule has 0 aromatic carbocycles. The Labute approximate surface area is 113 Å². The number of ether oxygens (including phenoxy) is 1. The van der Waals surface area contributed by atoms with Crippen molar-refractivity contribution in [2.45, 2.75) is 39.2 Å². The molecule has 0 aliphatic carbocycles. The molecule has 0 bridgehead atoms. The summed E-state index contributed by atoms with van der Waals surface area (Å²) in [6.07, 6.45) is 1.85. The second-order valence-corrected chi connectivity index (χ2v) is 6.92. The van der Waals surface area contributed by atoms with Crippen LogP contribution in [0, 0.1) is 5.92 Å². The van der Waals surface area contributed by atoms with Crippen LogP contribution in [0.25, 0.3) is 0 Å². The number of carbonyl (C=O) groups is 1. The average Bonchev–Trinajstić information content (AvgIpc) is 2.24. The molecule has 1 fully saturated rings. The van der Waals surface area contributed by atoms with Crippen molar-refractivity contribution >= 4 is 28.4 Å². The van der Waals surface area contributed by atoms with E-state index in [1.807, 2.05) is 20.8 Å². The van der Waals surface area contributed by atoms with Gasteiger partial charge in [0.15, 0.2) is 0 Å². The van der Waals surface area contributed by atoms with Crippen molar-refractivity contribution in [3.8, 4) is 0 Å². The summed E-state index contributed by atoms with van der Waals surface area (Å²) in [5.41, 5.74) is -0.364. The summed E-state index contributed by atoms with van der Waals surface area (Å²) in [5, 5.41) is 0. The topological polar surface area (TPSA) is 29.5 Å². The van der Waals surface area contributed by atoms with E-state index in [-0.39, 0.29) is 17.5 Å². The Balaban J connectivity index is 2.29. The first-order valence-electron chi connectivity index (χ1n) is 6.14. The van der Waals surface area contributed by atoms with Crippen LogP contribution in [-0.2, 0) is 9.53 Å². The first-order chi connectivity index (χ1) is 7.92. The Kier molecular flexibility index (Phi) is 6.17. The predicted molar refractivity (Wildman–Crippen MR) is 76.5 cm³/mol. The van der Waals surface area contributed by atoms with E-state index in [4.69, 9.17) is 4.74 Å². The summed E-state index contributed by atoms with van der Waals surface area (Å²) >= 11 is 4.13. The molecule has 0 spiro atoms. The largest absolute Gasteiger partial charge is 0.460 e. The molecule has 5 heteroatoms. The number of thiol groups is 1. The highest BCUT2D eigenvalue weighted by Crippen LogP contribution is 2.21. The fraction of sp³-hybridized carbons (Fsp3) is 0.917.